The molecule has 0 unspecified atom stereocenters. The van der Waals surface area contributed by atoms with Gasteiger partial charge >= 0.3 is 0 Å². The predicted molar refractivity (Wildman–Crippen MR) is 101 cm³/mol. The Kier molecular flexibility index (Phi) is 6.39. The van der Waals surface area contributed by atoms with Crippen molar-refractivity contribution < 1.29 is 14.6 Å². The van der Waals surface area contributed by atoms with Crippen LogP contribution in [0.3, 0.4) is 0 Å². The number of carbonyl (C=O) groups excluding carboxylic acids is 1. The van der Waals surface area contributed by atoms with E-state index in [0.29, 0.717) is 13.1 Å². The lowest BCUT2D eigenvalue weighted by atomic mass is 9.88. The first kappa shape index (κ1) is 18.6. The summed E-state index contributed by atoms with van der Waals surface area (Å²) >= 11 is 0. The van der Waals surface area contributed by atoms with Crippen LogP contribution in [0.25, 0.3) is 0 Å². The maximum atomic E-state index is 12.9. The van der Waals surface area contributed by atoms with Gasteiger partial charge in [0.2, 0.25) is 5.91 Å². The fraction of sp³-hybridized carbons (Fsp3) is 0.381. The molecule has 0 saturated heterocycles. The average Bonchev–Trinajstić information content (AvgIpc) is 2.68. The van der Waals surface area contributed by atoms with Gasteiger partial charge in [0.15, 0.2) is 0 Å². The van der Waals surface area contributed by atoms with Gasteiger partial charge in [0.1, 0.15) is 0 Å². The molecule has 2 atom stereocenters. The molecule has 0 saturated carbocycles. The highest BCUT2D eigenvalue weighted by Gasteiger charge is 2.31. The van der Waals surface area contributed by atoms with Gasteiger partial charge in [0.25, 0.3) is 0 Å². The Hall–Kier alpha value is -2.21. The summed E-state index contributed by atoms with van der Waals surface area (Å²) in [7, 11) is 1.55. The highest BCUT2D eigenvalue weighted by molar-refractivity contribution is 5.79. The Morgan fingerprint density at radius 1 is 1.23 bits per heavy atom. The molecule has 0 aliphatic carbocycles. The second-order valence-corrected chi connectivity index (χ2v) is 6.59. The molecule has 2 aromatic rings. The van der Waals surface area contributed by atoms with E-state index in [-0.39, 0.29) is 25.1 Å². The molecular formula is C21H26N2O3. The fourth-order valence-electron chi connectivity index (χ4n) is 3.53. The Balaban J connectivity index is 1.76. The molecule has 3 rings (SSSR count). The summed E-state index contributed by atoms with van der Waals surface area (Å²) in [5.41, 5.74) is 3.61. The zero-order chi connectivity index (χ0) is 18.4. The third-order valence-corrected chi connectivity index (χ3v) is 4.73. The van der Waals surface area contributed by atoms with E-state index in [2.05, 4.69) is 35.6 Å². The lowest BCUT2D eigenvalue weighted by Crippen LogP contribution is -2.45. The average molecular weight is 354 g/mol. The van der Waals surface area contributed by atoms with Gasteiger partial charge in [0, 0.05) is 20.2 Å². The number of carbonyl (C=O) groups is 1. The van der Waals surface area contributed by atoms with E-state index in [1.54, 1.807) is 7.11 Å². The van der Waals surface area contributed by atoms with E-state index in [9.17, 15) is 9.90 Å². The van der Waals surface area contributed by atoms with E-state index in [4.69, 9.17) is 4.74 Å². The molecule has 1 amide bonds. The molecule has 1 aliphatic heterocycles. The first-order valence-corrected chi connectivity index (χ1v) is 9.00. The van der Waals surface area contributed by atoms with Crippen LogP contribution in [0.1, 0.15) is 22.7 Å². The summed E-state index contributed by atoms with van der Waals surface area (Å²) in [6, 6.07) is 18.4. The fourth-order valence-corrected chi connectivity index (χ4v) is 3.53. The van der Waals surface area contributed by atoms with Crippen molar-refractivity contribution in [1.29, 1.82) is 0 Å². The number of nitrogens with one attached hydrogen (secondary N) is 1. The lowest BCUT2D eigenvalue weighted by molar-refractivity contribution is -0.132. The number of aliphatic hydroxyl groups is 1. The number of nitrogens with zero attached hydrogens (tertiary/aromatic N) is 1. The predicted octanol–water partition coefficient (Wildman–Crippen LogP) is 1.76. The molecule has 5 nitrogen and oxygen atoms in total. The van der Waals surface area contributed by atoms with Crippen molar-refractivity contribution in [2.75, 3.05) is 33.4 Å². The number of hydrogen-bond donors (Lipinski definition) is 2. The van der Waals surface area contributed by atoms with Crippen LogP contribution >= 0.6 is 0 Å². The molecular weight excluding hydrogens is 328 g/mol. The van der Waals surface area contributed by atoms with Gasteiger partial charge in [-0.2, -0.15) is 0 Å². The van der Waals surface area contributed by atoms with Gasteiger partial charge in [-0.15, -0.1) is 0 Å². The summed E-state index contributed by atoms with van der Waals surface area (Å²) in [5, 5.41) is 12.8. The number of methoxy groups -OCH3 is 1. The number of rotatable bonds is 7. The quantitative estimate of drug-likeness (QED) is 0.795. The van der Waals surface area contributed by atoms with Gasteiger partial charge in [-0.3, -0.25) is 4.79 Å². The molecule has 138 valence electrons. The Bertz CT molecular complexity index is 720. The molecule has 0 spiro atoms. The van der Waals surface area contributed by atoms with Crippen molar-refractivity contribution in [3.63, 3.8) is 0 Å². The Morgan fingerprint density at radius 2 is 1.96 bits per heavy atom. The summed E-state index contributed by atoms with van der Waals surface area (Å²) in [6.45, 7) is 1.48. The Morgan fingerprint density at radius 3 is 2.73 bits per heavy atom. The van der Waals surface area contributed by atoms with E-state index >= 15 is 0 Å². The smallest absolute Gasteiger partial charge is 0.237 e. The first-order chi connectivity index (χ1) is 12.7. The number of fused-ring (bicyclic) bond motifs is 1. The maximum Gasteiger partial charge on any atom is 0.237 e. The van der Waals surface area contributed by atoms with Crippen LogP contribution in [-0.2, 0) is 16.0 Å². The lowest BCUT2D eigenvalue weighted by Gasteiger charge is -2.38. The minimum Gasteiger partial charge on any atom is -0.389 e. The topological polar surface area (TPSA) is 61.8 Å². The summed E-state index contributed by atoms with van der Waals surface area (Å²) in [4.78, 5) is 14.8. The second kappa shape index (κ2) is 8.94. The van der Waals surface area contributed by atoms with Crippen molar-refractivity contribution in [3.05, 3.63) is 71.3 Å². The van der Waals surface area contributed by atoms with Crippen LogP contribution in [0.2, 0.25) is 0 Å². The molecule has 1 heterocycles. The molecule has 2 aromatic carbocycles. The van der Waals surface area contributed by atoms with Crippen molar-refractivity contribution in [1.82, 2.24) is 10.2 Å². The zero-order valence-electron chi connectivity index (χ0n) is 15.1. The second-order valence-electron chi connectivity index (χ2n) is 6.59. The monoisotopic (exact) mass is 354 g/mol. The van der Waals surface area contributed by atoms with Gasteiger partial charge in [-0.1, -0.05) is 54.6 Å². The summed E-state index contributed by atoms with van der Waals surface area (Å²) in [6.07, 6.45) is 0.247. The van der Waals surface area contributed by atoms with Crippen molar-refractivity contribution >= 4 is 5.91 Å². The molecule has 0 aromatic heterocycles. The molecule has 0 bridgehead atoms. The minimum absolute atomic E-state index is 0.0398. The van der Waals surface area contributed by atoms with Crippen LogP contribution in [0, 0.1) is 0 Å². The van der Waals surface area contributed by atoms with E-state index in [1.165, 1.54) is 11.1 Å². The van der Waals surface area contributed by atoms with E-state index in [1.807, 2.05) is 29.2 Å². The number of hydrogen-bond acceptors (Lipinski definition) is 4. The maximum absolute atomic E-state index is 12.9. The van der Waals surface area contributed by atoms with Gasteiger partial charge in [0.05, 0.1) is 25.3 Å². The molecule has 0 radical (unpaired) electrons. The van der Waals surface area contributed by atoms with Gasteiger partial charge in [-0.25, -0.2) is 0 Å². The van der Waals surface area contributed by atoms with E-state index < -0.39 is 6.10 Å². The molecule has 5 heteroatoms. The summed E-state index contributed by atoms with van der Waals surface area (Å²) < 4.78 is 4.91. The standard InChI is InChI=1S/C21H26N2O3/c1-26-15-18(24)13-22-14-20(25)23-12-11-16-7-5-6-10-19(16)21(23)17-8-3-2-4-9-17/h2-10,18,21-22,24H,11-15H2,1H3/t18-,21-/m0/s1. The number of benzene rings is 2. The molecule has 2 N–H and O–H groups in total. The normalized spacial score (nSPS) is 17.6. The Labute approximate surface area is 154 Å². The minimum atomic E-state index is -0.611. The number of ether oxygens (including phenoxy) is 1. The third-order valence-electron chi connectivity index (χ3n) is 4.73. The van der Waals surface area contributed by atoms with Crippen LogP contribution in [0.4, 0.5) is 0 Å². The largest absolute Gasteiger partial charge is 0.389 e. The highest BCUT2D eigenvalue weighted by atomic mass is 16.5. The van der Waals surface area contributed by atoms with Crippen LogP contribution in [0.5, 0.6) is 0 Å². The van der Waals surface area contributed by atoms with Crippen LogP contribution in [-0.4, -0.2) is 55.4 Å². The first-order valence-electron chi connectivity index (χ1n) is 9.00. The van der Waals surface area contributed by atoms with Crippen molar-refractivity contribution in [2.45, 2.75) is 18.6 Å². The molecule has 26 heavy (non-hydrogen) atoms. The van der Waals surface area contributed by atoms with Crippen LogP contribution < -0.4 is 5.32 Å². The van der Waals surface area contributed by atoms with E-state index in [0.717, 1.165) is 12.0 Å². The zero-order valence-corrected chi connectivity index (χ0v) is 15.1. The summed E-state index contributed by atoms with van der Waals surface area (Å²) in [5.74, 6) is 0.0398. The highest BCUT2D eigenvalue weighted by Crippen LogP contribution is 2.34. The van der Waals surface area contributed by atoms with Gasteiger partial charge in [-0.05, 0) is 23.1 Å². The SMILES string of the molecule is COC[C@@H](O)CNCC(=O)N1CCc2ccccc2[C@@H]1c1ccccc1. The van der Waals surface area contributed by atoms with Crippen molar-refractivity contribution in [3.8, 4) is 0 Å². The number of aliphatic hydroxyl groups excluding tert-OH is 1. The van der Waals surface area contributed by atoms with Crippen molar-refractivity contribution in [2.24, 2.45) is 0 Å². The van der Waals surface area contributed by atoms with Gasteiger partial charge < -0.3 is 20.1 Å². The molecule has 1 aliphatic rings. The van der Waals surface area contributed by atoms with Crippen LogP contribution in [0.15, 0.2) is 54.6 Å². The third kappa shape index (κ3) is 4.30. The number of amides is 1. The molecule has 0 fully saturated rings.